The van der Waals surface area contributed by atoms with E-state index in [2.05, 4.69) is 70.7 Å². The van der Waals surface area contributed by atoms with Crippen molar-refractivity contribution in [1.29, 1.82) is 0 Å². The molecule has 0 aliphatic heterocycles. The van der Waals surface area contributed by atoms with Crippen molar-refractivity contribution < 1.29 is 4.74 Å². The summed E-state index contributed by atoms with van der Waals surface area (Å²) in [6.45, 7) is 2.09. The first-order chi connectivity index (χ1) is 15.7. The van der Waals surface area contributed by atoms with Crippen LogP contribution in [0.25, 0.3) is 11.3 Å². The Kier molecular flexibility index (Phi) is 7.54. The molecule has 4 heteroatoms. The number of ether oxygens (including phenoxy) is 1. The van der Waals surface area contributed by atoms with E-state index in [1.807, 2.05) is 13.2 Å². The van der Waals surface area contributed by atoms with Gasteiger partial charge in [-0.25, -0.2) is 9.97 Å². The standard InChI is InChI=1S/C28H35N3O/c1-22-11-10-12-23(19-22)26-20-27(30-21-29-26)31-25-15-13-24(14-16-25)28(32-2)17-8-6-4-3-5-7-9-18-28/h10-16,19-21H,3-9,17-18H2,1-2H3,(H,29,30,31). The number of anilines is 2. The molecular weight excluding hydrogens is 394 g/mol. The van der Waals surface area contributed by atoms with Crippen LogP contribution in [0.2, 0.25) is 0 Å². The normalized spacial score (nSPS) is 16.9. The number of aromatic nitrogens is 2. The second-order valence-corrected chi connectivity index (χ2v) is 9.03. The second kappa shape index (κ2) is 10.7. The van der Waals surface area contributed by atoms with E-state index in [0.717, 1.165) is 35.6 Å². The molecular formula is C28H35N3O. The van der Waals surface area contributed by atoms with Crippen LogP contribution in [-0.4, -0.2) is 17.1 Å². The molecule has 168 valence electrons. The van der Waals surface area contributed by atoms with E-state index < -0.39 is 0 Å². The van der Waals surface area contributed by atoms with Crippen molar-refractivity contribution in [3.05, 3.63) is 72.1 Å². The highest BCUT2D eigenvalue weighted by Crippen LogP contribution is 2.38. The van der Waals surface area contributed by atoms with Gasteiger partial charge in [0.05, 0.1) is 11.3 Å². The second-order valence-electron chi connectivity index (χ2n) is 9.03. The predicted molar refractivity (Wildman–Crippen MR) is 132 cm³/mol. The van der Waals surface area contributed by atoms with Crippen molar-refractivity contribution in [3.63, 3.8) is 0 Å². The monoisotopic (exact) mass is 429 g/mol. The summed E-state index contributed by atoms with van der Waals surface area (Å²) in [5.41, 5.74) is 5.39. The minimum absolute atomic E-state index is 0.164. The van der Waals surface area contributed by atoms with Crippen molar-refractivity contribution >= 4 is 11.5 Å². The molecule has 1 aromatic heterocycles. The number of benzene rings is 2. The molecule has 4 rings (SSSR count). The maximum atomic E-state index is 6.19. The van der Waals surface area contributed by atoms with E-state index in [4.69, 9.17) is 4.74 Å². The molecule has 1 fully saturated rings. The zero-order chi connectivity index (χ0) is 22.2. The summed E-state index contributed by atoms with van der Waals surface area (Å²) in [5, 5.41) is 3.44. The molecule has 2 aromatic carbocycles. The van der Waals surface area contributed by atoms with Gasteiger partial charge in [-0.3, -0.25) is 0 Å². The van der Waals surface area contributed by atoms with E-state index in [9.17, 15) is 0 Å². The summed E-state index contributed by atoms with van der Waals surface area (Å²) >= 11 is 0. The number of nitrogens with zero attached hydrogens (tertiary/aromatic N) is 2. The van der Waals surface area contributed by atoms with Gasteiger partial charge < -0.3 is 10.1 Å². The van der Waals surface area contributed by atoms with Crippen molar-refractivity contribution in [2.24, 2.45) is 0 Å². The zero-order valence-electron chi connectivity index (χ0n) is 19.4. The van der Waals surface area contributed by atoms with E-state index in [1.165, 1.54) is 56.1 Å². The summed E-state index contributed by atoms with van der Waals surface area (Å²) in [5.74, 6) is 0.796. The van der Waals surface area contributed by atoms with Crippen LogP contribution in [-0.2, 0) is 10.3 Å². The number of methoxy groups -OCH3 is 1. The first kappa shape index (κ1) is 22.5. The number of hydrogen-bond acceptors (Lipinski definition) is 4. The van der Waals surface area contributed by atoms with Gasteiger partial charge in [0.15, 0.2) is 0 Å². The van der Waals surface area contributed by atoms with Gasteiger partial charge in [-0.1, -0.05) is 80.8 Å². The van der Waals surface area contributed by atoms with Crippen LogP contribution in [0.1, 0.15) is 68.9 Å². The third-order valence-electron chi connectivity index (χ3n) is 6.72. The molecule has 0 amide bonds. The highest BCUT2D eigenvalue weighted by molar-refractivity contribution is 5.65. The molecule has 32 heavy (non-hydrogen) atoms. The molecule has 0 saturated heterocycles. The molecule has 1 aliphatic carbocycles. The van der Waals surface area contributed by atoms with Gasteiger partial charge in [-0.05, 0) is 43.5 Å². The van der Waals surface area contributed by atoms with Gasteiger partial charge in [0, 0.05) is 24.4 Å². The average molecular weight is 430 g/mol. The summed E-state index contributed by atoms with van der Waals surface area (Å²) in [6, 6.07) is 19.1. The molecule has 0 atom stereocenters. The first-order valence-corrected chi connectivity index (χ1v) is 12.0. The summed E-state index contributed by atoms with van der Waals surface area (Å²) in [7, 11) is 1.88. The highest BCUT2D eigenvalue weighted by atomic mass is 16.5. The van der Waals surface area contributed by atoms with Crippen LogP contribution < -0.4 is 5.32 Å². The summed E-state index contributed by atoms with van der Waals surface area (Å²) < 4.78 is 6.19. The maximum absolute atomic E-state index is 6.19. The Balaban J connectivity index is 1.50. The van der Waals surface area contributed by atoms with Gasteiger partial charge in [-0.2, -0.15) is 0 Å². The molecule has 0 spiro atoms. The van der Waals surface area contributed by atoms with E-state index in [-0.39, 0.29) is 5.60 Å². The Morgan fingerprint density at radius 1 is 0.812 bits per heavy atom. The Hall–Kier alpha value is -2.72. The number of aryl methyl sites for hydroxylation is 1. The fourth-order valence-corrected chi connectivity index (χ4v) is 4.83. The quantitative estimate of drug-likeness (QED) is 0.454. The van der Waals surface area contributed by atoms with Crippen LogP contribution in [0.15, 0.2) is 60.9 Å². The smallest absolute Gasteiger partial charge is 0.134 e. The number of hydrogen-bond donors (Lipinski definition) is 1. The van der Waals surface area contributed by atoms with Crippen molar-refractivity contribution in [2.75, 3.05) is 12.4 Å². The molecule has 3 aromatic rings. The van der Waals surface area contributed by atoms with Crippen molar-refractivity contribution in [2.45, 2.75) is 70.3 Å². The van der Waals surface area contributed by atoms with Crippen LogP contribution in [0.3, 0.4) is 0 Å². The van der Waals surface area contributed by atoms with Gasteiger partial charge in [0.2, 0.25) is 0 Å². The van der Waals surface area contributed by atoms with Gasteiger partial charge in [0.25, 0.3) is 0 Å². The van der Waals surface area contributed by atoms with Gasteiger partial charge in [0.1, 0.15) is 12.1 Å². The molecule has 1 heterocycles. The van der Waals surface area contributed by atoms with E-state index in [0.29, 0.717) is 0 Å². The Labute approximate surface area is 192 Å². The summed E-state index contributed by atoms with van der Waals surface area (Å²) in [4.78, 5) is 8.87. The Bertz CT molecular complexity index is 990. The molecule has 1 aliphatic rings. The third kappa shape index (κ3) is 5.55. The minimum atomic E-state index is -0.164. The lowest BCUT2D eigenvalue weighted by molar-refractivity contribution is -0.0341. The maximum Gasteiger partial charge on any atom is 0.134 e. The van der Waals surface area contributed by atoms with Crippen molar-refractivity contribution in [1.82, 2.24) is 9.97 Å². The fraction of sp³-hybridized carbons (Fsp3) is 0.429. The molecule has 4 nitrogen and oxygen atoms in total. The van der Waals surface area contributed by atoms with Crippen LogP contribution in [0, 0.1) is 6.92 Å². The highest BCUT2D eigenvalue weighted by Gasteiger charge is 2.31. The van der Waals surface area contributed by atoms with E-state index >= 15 is 0 Å². The zero-order valence-corrected chi connectivity index (χ0v) is 19.4. The Morgan fingerprint density at radius 2 is 1.50 bits per heavy atom. The summed E-state index contributed by atoms with van der Waals surface area (Å²) in [6.07, 6.45) is 13.0. The largest absolute Gasteiger partial charge is 0.374 e. The first-order valence-electron chi connectivity index (χ1n) is 12.0. The number of rotatable bonds is 5. The molecule has 1 saturated carbocycles. The Morgan fingerprint density at radius 3 is 2.16 bits per heavy atom. The lowest BCUT2D eigenvalue weighted by Gasteiger charge is -2.34. The van der Waals surface area contributed by atoms with Crippen LogP contribution in [0.4, 0.5) is 11.5 Å². The van der Waals surface area contributed by atoms with Gasteiger partial charge >= 0.3 is 0 Å². The van der Waals surface area contributed by atoms with Crippen LogP contribution in [0.5, 0.6) is 0 Å². The predicted octanol–water partition coefficient (Wildman–Crippen LogP) is 7.56. The molecule has 0 bridgehead atoms. The lowest BCUT2D eigenvalue weighted by atomic mass is 9.82. The van der Waals surface area contributed by atoms with E-state index in [1.54, 1.807) is 6.33 Å². The molecule has 1 N–H and O–H groups in total. The lowest BCUT2D eigenvalue weighted by Crippen LogP contribution is -2.29. The topological polar surface area (TPSA) is 47.0 Å². The third-order valence-corrected chi connectivity index (χ3v) is 6.72. The molecule has 0 radical (unpaired) electrons. The van der Waals surface area contributed by atoms with Gasteiger partial charge in [-0.15, -0.1) is 0 Å². The van der Waals surface area contributed by atoms with Crippen molar-refractivity contribution in [3.8, 4) is 11.3 Å². The van der Waals surface area contributed by atoms with Crippen LogP contribution >= 0.6 is 0 Å². The fourth-order valence-electron chi connectivity index (χ4n) is 4.83. The SMILES string of the molecule is COC1(c2ccc(Nc3cc(-c4cccc(C)c4)ncn3)cc2)CCCCCCCCC1. The average Bonchev–Trinajstić information content (AvgIpc) is 2.83. The molecule has 0 unspecified atom stereocenters. The number of nitrogens with one attached hydrogen (secondary N) is 1. The minimum Gasteiger partial charge on any atom is -0.374 e.